The molecule has 0 N–H and O–H groups in total. The first kappa shape index (κ1) is 24.5. The van der Waals surface area contributed by atoms with Crippen LogP contribution in [0.25, 0.3) is 0 Å². The minimum absolute atomic E-state index is 0.164. The van der Waals surface area contributed by atoms with Crippen molar-refractivity contribution in [2.24, 2.45) is 0 Å². The summed E-state index contributed by atoms with van der Waals surface area (Å²) in [4.78, 5) is 11.4. The molecular formula is C21H38ClN3O3Si. The van der Waals surface area contributed by atoms with Gasteiger partial charge in [0.1, 0.15) is 17.1 Å². The lowest BCUT2D eigenvalue weighted by Gasteiger charge is -2.42. The molecule has 0 aromatic carbocycles. The molecule has 1 aliphatic heterocycles. The van der Waals surface area contributed by atoms with Gasteiger partial charge in [0.15, 0.2) is 14.1 Å². The summed E-state index contributed by atoms with van der Waals surface area (Å²) in [5.74, 6) is 1.39. The number of aromatic nitrogens is 2. The topological polar surface area (TPSA) is 56.7 Å². The quantitative estimate of drug-likeness (QED) is 0.384. The lowest BCUT2D eigenvalue weighted by atomic mass is 10.3. The largest absolute Gasteiger partial charge is 0.413 e. The fourth-order valence-corrected chi connectivity index (χ4v) is 10.3. The van der Waals surface area contributed by atoms with Crippen LogP contribution in [0.5, 0.6) is 0 Å². The van der Waals surface area contributed by atoms with Gasteiger partial charge < -0.3 is 18.8 Å². The zero-order valence-corrected chi connectivity index (χ0v) is 21.0. The van der Waals surface area contributed by atoms with Crippen LogP contribution in [0.1, 0.15) is 60.4 Å². The first-order valence-electron chi connectivity index (χ1n) is 10.7. The highest BCUT2D eigenvalue weighted by atomic mass is 35.5. The lowest BCUT2D eigenvalue weighted by molar-refractivity contribution is 0.0442. The average Bonchev–Trinajstić information content (AvgIpc) is 2.64. The third-order valence-electron chi connectivity index (χ3n) is 6.03. The molecule has 0 spiro atoms. The molecule has 6 nitrogen and oxygen atoms in total. The summed E-state index contributed by atoms with van der Waals surface area (Å²) < 4.78 is 18.1. The van der Waals surface area contributed by atoms with Crippen LogP contribution in [0.4, 0.5) is 5.82 Å². The Hall–Kier alpha value is -0.733. The van der Waals surface area contributed by atoms with Crippen molar-refractivity contribution in [2.45, 2.75) is 77.3 Å². The summed E-state index contributed by atoms with van der Waals surface area (Å²) in [6.45, 7) is 18.4. The first-order valence-corrected chi connectivity index (χ1v) is 13.2. The van der Waals surface area contributed by atoms with E-state index in [2.05, 4.69) is 58.4 Å². The Labute approximate surface area is 182 Å². The van der Waals surface area contributed by atoms with Crippen molar-refractivity contribution in [3.05, 3.63) is 17.0 Å². The van der Waals surface area contributed by atoms with E-state index in [9.17, 15) is 0 Å². The number of nitrogens with zero attached hydrogens (tertiary/aromatic N) is 3. The molecule has 2 atom stereocenters. The van der Waals surface area contributed by atoms with Gasteiger partial charge in [-0.2, -0.15) is 0 Å². The number of anilines is 1. The van der Waals surface area contributed by atoms with Crippen molar-refractivity contribution in [1.29, 1.82) is 0 Å². The highest BCUT2D eigenvalue weighted by Crippen LogP contribution is 2.42. The minimum atomic E-state index is -2.00. The van der Waals surface area contributed by atoms with Crippen LogP contribution in [-0.4, -0.2) is 57.8 Å². The minimum Gasteiger partial charge on any atom is -0.413 e. The molecule has 2 heterocycles. The van der Waals surface area contributed by atoms with Crippen LogP contribution >= 0.6 is 11.6 Å². The maximum Gasteiger partial charge on any atom is 0.200 e. The number of morpholine rings is 1. The maximum atomic E-state index is 6.72. The number of methoxy groups -OCH3 is 1. The molecule has 0 saturated carbocycles. The zero-order chi connectivity index (χ0) is 21.8. The van der Waals surface area contributed by atoms with E-state index >= 15 is 0 Å². The molecule has 8 heteroatoms. The summed E-state index contributed by atoms with van der Waals surface area (Å²) in [7, 11) is -0.325. The standard InChI is InChI=1S/C21H38ClN3O3Si/c1-14(2)29(15(3)4,16(5)6)28-13-18(26-8)21-23-19(22)11-20(24-21)25-9-10-27-17(7)12-25/h11,14-18H,9-10,12-13H2,1-8H3/t17-,18?/m1/s1. The van der Waals surface area contributed by atoms with Gasteiger partial charge in [-0.25, -0.2) is 9.97 Å². The van der Waals surface area contributed by atoms with Crippen molar-refractivity contribution in [3.8, 4) is 0 Å². The Morgan fingerprint density at radius 2 is 1.79 bits per heavy atom. The first-order chi connectivity index (χ1) is 13.6. The predicted octanol–water partition coefficient (Wildman–Crippen LogP) is 5.23. The van der Waals surface area contributed by atoms with E-state index < -0.39 is 8.32 Å². The van der Waals surface area contributed by atoms with E-state index in [1.165, 1.54) is 0 Å². The molecule has 1 aromatic heterocycles. The fourth-order valence-electron chi connectivity index (χ4n) is 4.72. The third-order valence-corrected chi connectivity index (χ3v) is 12.3. The summed E-state index contributed by atoms with van der Waals surface area (Å²) in [6, 6.07) is 1.81. The van der Waals surface area contributed by atoms with Gasteiger partial charge in [0.25, 0.3) is 0 Å². The van der Waals surface area contributed by atoms with Crippen molar-refractivity contribution >= 4 is 25.7 Å². The van der Waals surface area contributed by atoms with Gasteiger partial charge in [-0.05, 0) is 23.5 Å². The second-order valence-electron chi connectivity index (χ2n) is 8.89. The van der Waals surface area contributed by atoms with Crippen LogP contribution in [0.15, 0.2) is 6.07 Å². The van der Waals surface area contributed by atoms with Crippen molar-refractivity contribution in [1.82, 2.24) is 9.97 Å². The Morgan fingerprint density at radius 1 is 1.17 bits per heavy atom. The maximum absolute atomic E-state index is 6.72. The second kappa shape index (κ2) is 10.5. The molecular weight excluding hydrogens is 406 g/mol. The van der Waals surface area contributed by atoms with Crippen LogP contribution in [0.2, 0.25) is 21.8 Å². The molecule has 0 radical (unpaired) electrons. The Kier molecular flexibility index (Phi) is 8.91. The number of rotatable bonds is 9. The van der Waals surface area contributed by atoms with E-state index in [1.54, 1.807) is 7.11 Å². The molecule has 1 aromatic rings. The van der Waals surface area contributed by atoms with Gasteiger partial charge in [-0.15, -0.1) is 0 Å². The van der Waals surface area contributed by atoms with Crippen LogP contribution < -0.4 is 4.90 Å². The second-order valence-corrected chi connectivity index (χ2v) is 14.7. The monoisotopic (exact) mass is 443 g/mol. The molecule has 166 valence electrons. The summed E-state index contributed by atoms with van der Waals surface area (Å²) in [5.41, 5.74) is 1.52. The van der Waals surface area contributed by atoms with Crippen molar-refractivity contribution in [3.63, 3.8) is 0 Å². The highest BCUT2D eigenvalue weighted by molar-refractivity contribution is 6.77. The predicted molar refractivity (Wildman–Crippen MR) is 121 cm³/mol. The third kappa shape index (κ3) is 5.70. The lowest BCUT2D eigenvalue weighted by Crippen LogP contribution is -2.48. The van der Waals surface area contributed by atoms with Gasteiger partial charge in [0.2, 0.25) is 0 Å². The van der Waals surface area contributed by atoms with Gasteiger partial charge >= 0.3 is 0 Å². The van der Waals surface area contributed by atoms with Crippen molar-refractivity contribution < 1.29 is 13.9 Å². The van der Waals surface area contributed by atoms with Gasteiger partial charge in [0.05, 0.1) is 19.3 Å². The van der Waals surface area contributed by atoms with Crippen molar-refractivity contribution in [2.75, 3.05) is 38.3 Å². The molecule has 1 fully saturated rings. The summed E-state index contributed by atoms with van der Waals surface area (Å²) in [6.07, 6.45) is -0.189. The molecule has 1 unspecified atom stereocenters. The van der Waals surface area contributed by atoms with Gasteiger partial charge in [-0.1, -0.05) is 53.1 Å². The van der Waals surface area contributed by atoms with E-state index in [0.717, 1.165) is 18.9 Å². The molecule has 1 saturated heterocycles. The zero-order valence-electron chi connectivity index (χ0n) is 19.2. The Morgan fingerprint density at radius 3 is 2.31 bits per heavy atom. The summed E-state index contributed by atoms with van der Waals surface area (Å²) >= 11 is 6.35. The normalized spacial score (nSPS) is 19.4. The van der Waals surface area contributed by atoms with E-state index in [-0.39, 0.29) is 12.2 Å². The number of hydrogen-bond acceptors (Lipinski definition) is 6. The highest BCUT2D eigenvalue weighted by Gasteiger charge is 2.45. The van der Waals surface area contributed by atoms with Crippen LogP contribution in [0.3, 0.4) is 0 Å². The Bertz CT molecular complexity index is 638. The van der Waals surface area contributed by atoms with Gasteiger partial charge in [-0.3, -0.25) is 0 Å². The Balaban J connectivity index is 2.25. The fraction of sp³-hybridized carbons (Fsp3) is 0.810. The van der Waals surface area contributed by atoms with Crippen LogP contribution in [-0.2, 0) is 13.9 Å². The average molecular weight is 444 g/mol. The number of ether oxygens (including phenoxy) is 2. The molecule has 29 heavy (non-hydrogen) atoms. The molecule has 0 aliphatic carbocycles. The van der Waals surface area contributed by atoms with Gasteiger partial charge in [0, 0.05) is 26.3 Å². The molecule has 1 aliphatic rings. The van der Waals surface area contributed by atoms with E-state index in [4.69, 9.17) is 30.5 Å². The molecule has 0 bridgehead atoms. The molecule has 0 amide bonds. The number of halogens is 1. The van der Waals surface area contributed by atoms with E-state index in [1.807, 2.05) is 6.07 Å². The summed E-state index contributed by atoms with van der Waals surface area (Å²) in [5, 5.41) is 0.422. The van der Waals surface area contributed by atoms with E-state index in [0.29, 0.717) is 40.8 Å². The molecule has 2 rings (SSSR count). The smallest absolute Gasteiger partial charge is 0.200 e. The van der Waals surface area contributed by atoms with Crippen LogP contribution in [0, 0.1) is 0 Å². The number of hydrogen-bond donors (Lipinski definition) is 0. The SMILES string of the molecule is COC(CO[Si](C(C)C)(C(C)C)C(C)C)c1nc(Cl)cc(N2CCO[C@H](C)C2)n1.